The molecule has 0 saturated heterocycles. The van der Waals surface area contributed by atoms with E-state index in [0.29, 0.717) is 13.2 Å². The van der Waals surface area contributed by atoms with Crippen LogP contribution in [-0.2, 0) is 11.3 Å². The molecule has 0 aliphatic heterocycles. The number of unbranched alkanes of at least 4 members (excludes halogenated alkanes) is 1. The number of oxime groups is 1. The van der Waals surface area contributed by atoms with Crippen LogP contribution in [0.3, 0.4) is 0 Å². The van der Waals surface area contributed by atoms with E-state index in [1.807, 2.05) is 37.3 Å². The van der Waals surface area contributed by atoms with Crippen molar-refractivity contribution >= 4 is 5.71 Å². The molecule has 0 aliphatic carbocycles. The Kier molecular flexibility index (Phi) is 11.4. The van der Waals surface area contributed by atoms with Crippen molar-refractivity contribution in [3.8, 4) is 11.5 Å². The van der Waals surface area contributed by atoms with Gasteiger partial charge >= 0.3 is 0 Å². The van der Waals surface area contributed by atoms with Crippen LogP contribution < -0.4 is 9.47 Å². The number of benzene rings is 2. The molecule has 0 aliphatic rings. The minimum atomic E-state index is 0.589. The number of hydrogen-bond donors (Lipinski definition) is 0. The van der Waals surface area contributed by atoms with Crippen LogP contribution in [0.1, 0.15) is 36.5 Å². The van der Waals surface area contributed by atoms with Crippen molar-refractivity contribution in [3.63, 3.8) is 0 Å². The third-order valence-electron chi connectivity index (χ3n) is 5.12. The van der Waals surface area contributed by atoms with Crippen LogP contribution in [0.25, 0.3) is 0 Å². The molecule has 0 N–H and O–H groups in total. The summed E-state index contributed by atoms with van der Waals surface area (Å²) in [6.45, 7) is 9.20. The van der Waals surface area contributed by atoms with E-state index >= 15 is 0 Å². The zero-order valence-corrected chi connectivity index (χ0v) is 20.3. The molecule has 5 nitrogen and oxygen atoms in total. The fourth-order valence-electron chi connectivity index (χ4n) is 3.59. The SMILES string of the molecule is C/C=C/COc1cc(C)c(OCCCCN(C)CC(Cc2ccccc2)=NOC)c(C)c1. The first-order chi connectivity index (χ1) is 15.5. The van der Waals surface area contributed by atoms with E-state index in [1.165, 1.54) is 5.56 Å². The van der Waals surface area contributed by atoms with Crippen molar-refractivity contribution in [3.05, 3.63) is 71.3 Å². The second-order valence-corrected chi connectivity index (χ2v) is 8.06. The Labute approximate surface area is 193 Å². The number of rotatable bonds is 14. The molecule has 0 amide bonds. The Morgan fingerprint density at radius 1 is 1.03 bits per heavy atom. The summed E-state index contributed by atoms with van der Waals surface area (Å²) < 4.78 is 11.8. The maximum absolute atomic E-state index is 6.10. The summed E-state index contributed by atoms with van der Waals surface area (Å²) >= 11 is 0. The Hall–Kier alpha value is -2.79. The summed E-state index contributed by atoms with van der Waals surface area (Å²) in [6.07, 6.45) is 6.85. The highest BCUT2D eigenvalue weighted by Crippen LogP contribution is 2.28. The second-order valence-electron chi connectivity index (χ2n) is 8.06. The highest BCUT2D eigenvalue weighted by Gasteiger charge is 2.09. The minimum absolute atomic E-state index is 0.589. The molecule has 32 heavy (non-hydrogen) atoms. The number of ether oxygens (including phenoxy) is 2. The van der Waals surface area contributed by atoms with E-state index in [4.69, 9.17) is 14.3 Å². The van der Waals surface area contributed by atoms with Gasteiger partial charge in [-0.3, -0.25) is 0 Å². The largest absolute Gasteiger partial charge is 0.493 e. The third kappa shape index (κ3) is 9.15. The van der Waals surface area contributed by atoms with Crippen molar-refractivity contribution in [2.75, 3.05) is 40.5 Å². The van der Waals surface area contributed by atoms with Crippen LogP contribution in [0.4, 0.5) is 0 Å². The molecule has 0 unspecified atom stereocenters. The summed E-state index contributed by atoms with van der Waals surface area (Å²) in [7, 11) is 3.73. The van der Waals surface area contributed by atoms with Crippen molar-refractivity contribution in [2.24, 2.45) is 5.16 Å². The molecule has 0 radical (unpaired) electrons. The van der Waals surface area contributed by atoms with Gasteiger partial charge in [0, 0.05) is 13.0 Å². The maximum atomic E-state index is 6.10. The van der Waals surface area contributed by atoms with Crippen LogP contribution in [0.15, 0.2) is 59.8 Å². The Morgan fingerprint density at radius 3 is 2.41 bits per heavy atom. The lowest BCUT2D eigenvalue weighted by molar-refractivity contribution is 0.210. The second kappa shape index (κ2) is 14.3. The highest BCUT2D eigenvalue weighted by molar-refractivity contribution is 5.87. The van der Waals surface area contributed by atoms with Crippen molar-refractivity contribution < 1.29 is 14.3 Å². The minimum Gasteiger partial charge on any atom is -0.493 e. The molecule has 2 aromatic rings. The molecule has 0 saturated carbocycles. The molecule has 174 valence electrons. The van der Waals surface area contributed by atoms with Crippen LogP contribution in [-0.4, -0.2) is 51.1 Å². The molecule has 0 fully saturated rings. The number of allylic oxidation sites excluding steroid dienone is 1. The Balaban J connectivity index is 1.74. The molecule has 5 heteroatoms. The number of aryl methyl sites for hydroxylation is 2. The highest BCUT2D eigenvalue weighted by atomic mass is 16.6. The lowest BCUT2D eigenvalue weighted by Gasteiger charge is -2.18. The maximum Gasteiger partial charge on any atom is 0.125 e. The Bertz CT molecular complexity index is 839. The van der Waals surface area contributed by atoms with Gasteiger partial charge in [-0.15, -0.1) is 0 Å². The lowest BCUT2D eigenvalue weighted by Crippen LogP contribution is -2.28. The molecular weight excluding hydrogens is 400 g/mol. The summed E-state index contributed by atoms with van der Waals surface area (Å²) in [5.41, 5.74) is 4.49. The topological polar surface area (TPSA) is 43.3 Å². The number of nitrogens with zero attached hydrogens (tertiary/aromatic N) is 2. The first-order valence-corrected chi connectivity index (χ1v) is 11.3. The standard InChI is InChI=1S/C27H38N2O3/c1-6-7-16-31-26-18-22(2)27(23(3)19-26)32-17-12-11-15-29(4)21-25(28-30-5)20-24-13-9-8-10-14-24/h6-10,13-14,18-19H,11-12,15-17,20-21H2,1-5H3/b7-6+,28-25?. The van der Waals surface area contributed by atoms with Crippen molar-refractivity contribution in [1.29, 1.82) is 0 Å². The molecule has 0 aromatic heterocycles. The summed E-state index contributed by atoms with van der Waals surface area (Å²) in [4.78, 5) is 7.34. The van der Waals surface area contributed by atoms with Gasteiger partial charge in [0.25, 0.3) is 0 Å². The summed E-state index contributed by atoms with van der Waals surface area (Å²) in [5, 5.41) is 4.23. The smallest absolute Gasteiger partial charge is 0.125 e. The van der Waals surface area contributed by atoms with Gasteiger partial charge < -0.3 is 19.2 Å². The van der Waals surface area contributed by atoms with E-state index < -0.39 is 0 Å². The first kappa shape index (κ1) is 25.5. The van der Waals surface area contributed by atoms with E-state index in [9.17, 15) is 0 Å². The van der Waals surface area contributed by atoms with Crippen molar-refractivity contribution in [1.82, 2.24) is 4.90 Å². The van der Waals surface area contributed by atoms with Gasteiger partial charge in [-0.1, -0.05) is 47.6 Å². The zero-order valence-electron chi connectivity index (χ0n) is 20.3. The first-order valence-electron chi connectivity index (χ1n) is 11.3. The monoisotopic (exact) mass is 438 g/mol. The fraction of sp³-hybridized carbons (Fsp3) is 0.444. The summed E-state index contributed by atoms with van der Waals surface area (Å²) in [6, 6.07) is 14.5. The predicted octanol–water partition coefficient (Wildman–Crippen LogP) is 5.59. The number of hydrogen-bond acceptors (Lipinski definition) is 5. The van der Waals surface area contributed by atoms with E-state index in [0.717, 1.165) is 60.7 Å². The molecule has 2 rings (SSSR count). The average Bonchev–Trinajstić information content (AvgIpc) is 2.76. The van der Waals surface area contributed by atoms with Crippen LogP contribution in [0.2, 0.25) is 0 Å². The van der Waals surface area contributed by atoms with E-state index in [2.05, 4.69) is 55.2 Å². The predicted molar refractivity (Wildman–Crippen MR) is 133 cm³/mol. The molecule has 2 aromatic carbocycles. The molecule has 0 heterocycles. The average molecular weight is 439 g/mol. The van der Waals surface area contributed by atoms with Gasteiger partial charge in [0.15, 0.2) is 0 Å². The summed E-state index contributed by atoms with van der Waals surface area (Å²) in [5.74, 6) is 1.85. The fourth-order valence-corrected chi connectivity index (χ4v) is 3.59. The normalized spacial score (nSPS) is 11.9. The van der Waals surface area contributed by atoms with Gasteiger partial charge in [-0.2, -0.15) is 0 Å². The van der Waals surface area contributed by atoms with E-state index in [1.54, 1.807) is 7.11 Å². The lowest BCUT2D eigenvalue weighted by atomic mass is 10.1. The Morgan fingerprint density at radius 2 is 1.75 bits per heavy atom. The van der Waals surface area contributed by atoms with Crippen LogP contribution >= 0.6 is 0 Å². The van der Waals surface area contributed by atoms with Gasteiger partial charge in [-0.05, 0) is 76.0 Å². The van der Waals surface area contributed by atoms with Gasteiger partial charge in [0.05, 0.1) is 12.3 Å². The molecule has 0 spiro atoms. The molecule has 0 bridgehead atoms. The quantitative estimate of drug-likeness (QED) is 0.167. The van der Waals surface area contributed by atoms with Crippen LogP contribution in [0, 0.1) is 13.8 Å². The van der Waals surface area contributed by atoms with Gasteiger partial charge in [0.2, 0.25) is 0 Å². The van der Waals surface area contributed by atoms with Crippen LogP contribution in [0.5, 0.6) is 11.5 Å². The van der Waals surface area contributed by atoms with Gasteiger partial charge in [0.1, 0.15) is 25.2 Å². The van der Waals surface area contributed by atoms with Gasteiger partial charge in [-0.25, -0.2) is 0 Å². The molecular formula is C27H38N2O3. The van der Waals surface area contributed by atoms with E-state index in [-0.39, 0.29) is 0 Å². The molecule has 0 atom stereocenters. The zero-order chi connectivity index (χ0) is 23.2. The third-order valence-corrected chi connectivity index (χ3v) is 5.12. The van der Waals surface area contributed by atoms with Crippen molar-refractivity contribution in [2.45, 2.75) is 40.0 Å².